The topological polar surface area (TPSA) is 52.5 Å². The molecule has 0 radical (unpaired) electrons. The Bertz CT molecular complexity index is 753. The molecule has 0 fully saturated rings. The molecule has 2 atom stereocenters. The first kappa shape index (κ1) is 18.4. The summed E-state index contributed by atoms with van der Waals surface area (Å²) in [5, 5.41) is 3.26. The van der Waals surface area contributed by atoms with E-state index in [0.29, 0.717) is 11.7 Å². The third-order valence-electron chi connectivity index (χ3n) is 5.02. The predicted molar refractivity (Wildman–Crippen MR) is 102 cm³/mol. The average Bonchev–Trinajstić information content (AvgIpc) is 3.28. The van der Waals surface area contributed by atoms with Crippen LogP contribution in [0.15, 0.2) is 36.7 Å². The average molecular weight is 356 g/mol. The van der Waals surface area contributed by atoms with Crippen molar-refractivity contribution in [3.05, 3.63) is 47.8 Å². The monoisotopic (exact) mass is 356 g/mol. The van der Waals surface area contributed by atoms with E-state index in [2.05, 4.69) is 19.2 Å². The van der Waals surface area contributed by atoms with Gasteiger partial charge in [0.25, 0.3) is 0 Å². The van der Waals surface area contributed by atoms with Crippen molar-refractivity contribution >= 4 is 5.91 Å². The third-order valence-corrected chi connectivity index (χ3v) is 5.02. The maximum absolute atomic E-state index is 13.0. The van der Waals surface area contributed by atoms with E-state index in [4.69, 9.17) is 9.47 Å². The van der Waals surface area contributed by atoms with Crippen LogP contribution in [0.1, 0.15) is 49.9 Å². The van der Waals surface area contributed by atoms with Gasteiger partial charge >= 0.3 is 0 Å². The molecule has 1 aliphatic rings. The lowest BCUT2D eigenvalue weighted by Crippen LogP contribution is -2.35. The van der Waals surface area contributed by atoms with Gasteiger partial charge in [-0.05, 0) is 60.6 Å². The number of ether oxygens (including phenoxy) is 2. The fourth-order valence-electron chi connectivity index (χ4n) is 3.72. The smallest absolute Gasteiger partial charge is 0.243 e. The number of amides is 1. The number of nitrogens with zero attached hydrogens (tertiary/aromatic N) is 1. The third kappa shape index (κ3) is 3.71. The number of methoxy groups -OCH3 is 2. The van der Waals surface area contributed by atoms with Crippen LogP contribution in [-0.4, -0.2) is 24.7 Å². The molecule has 1 unspecified atom stereocenters. The van der Waals surface area contributed by atoms with Crippen molar-refractivity contribution < 1.29 is 14.3 Å². The first-order valence-electron chi connectivity index (χ1n) is 9.21. The van der Waals surface area contributed by atoms with E-state index >= 15 is 0 Å². The Kier molecular flexibility index (Phi) is 5.55. The summed E-state index contributed by atoms with van der Waals surface area (Å²) >= 11 is 0. The van der Waals surface area contributed by atoms with Gasteiger partial charge in [0.15, 0.2) is 11.5 Å². The molecule has 0 bridgehead atoms. The number of benzene rings is 1. The van der Waals surface area contributed by atoms with Crippen LogP contribution in [-0.2, 0) is 11.2 Å². The van der Waals surface area contributed by atoms with E-state index in [1.54, 1.807) is 14.2 Å². The molecule has 140 valence electrons. The molecule has 5 heteroatoms. The molecule has 1 aliphatic carbocycles. The second-order valence-corrected chi connectivity index (χ2v) is 7.28. The molecule has 26 heavy (non-hydrogen) atoms. The first-order chi connectivity index (χ1) is 12.5. The highest BCUT2D eigenvalue weighted by atomic mass is 16.5. The van der Waals surface area contributed by atoms with Gasteiger partial charge in [-0.25, -0.2) is 0 Å². The highest BCUT2D eigenvalue weighted by molar-refractivity contribution is 5.81. The minimum absolute atomic E-state index is 0.0162. The molecule has 3 rings (SSSR count). The highest BCUT2D eigenvalue weighted by Gasteiger charge is 2.29. The number of hydrogen-bond acceptors (Lipinski definition) is 3. The Morgan fingerprint density at radius 1 is 1.19 bits per heavy atom. The zero-order chi connectivity index (χ0) is 18.7. The van der Waals surface area contributed by atoms with Crippen LogP contribution in [0.25, 0.3) is 0 Å². The van der Waals surface area contributed by atoms with E-state index in [0.717, 1.165) is 30.6 Å². The van der Waals surface area contributed by atoms with Crippen molar-refractivity contribution in [3.63, 3.8) is 0 Å². The van der Waals surface area contributed by atoms with E-state index < -0.39 is 0 Å². The summed E-state index contributed by atoms with van der Waals surface area (Å²) in [5.74, 6) is 1.95. The Morgan fingerprint density at radius 2 is 1.85 bits per heavy atom. The highest BCUT2D eigenvalue weighted by Crippen LogP contribution is 2.39. The van der Waals surface area contributed by atoms with E-state index in [1.807, 2.05) is 41.2 Å². The molecule has 1 aromatic heterocycles. The summed E-state index contributed by atoms with van der Waals surface area (Å²) in [6.45, 7) is 4.29. The van der Waals surface area contributed by atoms with Crippen molar-refractivity contribution in [1.82, 2.24) is 9.88 Å². The number of carbonyl (C=O) groups excluding carboxylic acids is 1. The summed E-state index contributed by atoms with van der Waals surface area (Å²) in [6, 6.07) is 7.78. The van der Waals surface area contributed by atoms with Crippen LogP contribution in [0.5, 0.6) is 11.5 Å². The van der Waals surface area contributed by atoms with Crippen LogP contribution in [0.4, 0.5) is 0 Å². The summed E-state index contributed by atoms with van der Waals surface area (Å²) in [4.78, 5) is 13.0. The number of rotatable bonds is 7. The predicted octanol–water partition coefficient (Wildman–Crippen LogP) is 3.90. The van der Waals surface area contributed by atoms with Gasteiger partial charge in [0.1, 0.15) is 6.04 Å². The van der Waals surface area contributed by atoms with Gasteiger partial charge in [-0.3, -0.25) is 4.79 Å². The van der Waals surface area contributed by atoms with Gasteiger partial charge in [-0.15, -0.1) is 0 Å². The van der Waals surface area contributed by atoms with Gasteiger partial charge in [0, 0.05) is 12.4 Å². The van der Waals surface area contributed by atoms with E-state index in [1.165, 1.54) is 5.56 Å². The van der Waals surface area contributed by atoms with Crippen LogP contribution in [0.2, 0.25) is 0 Å². The molecule has 1 heterocycles. The summed E-state index contributed by atoms with van der Waals surface area (Å²) in [6.07, 6.45) is 6.56. The zero-order valence-corrected chi connectivity index (χ0v) is 16.0. The van der Waals surface area contributed by atoms with Gasteiger partial charge < -0.3 is 19.4 Å². The van der Waals surface area contributed by atoms with Gasteiger partial charge in [0.2, 0.25) is 5.91 Å². The van der Waals surface area contributed by atoms with Crippen molar-refractivity contribution in [2.75, 3.05) is 14.2 Å². The second kappa shape index (κ2) is 7.85. The summed E-state index contributed by atoms with van der Waals surface area (Å²) in [7, 11) is 3.28. The Balaban J connectivity index is 1.80. The lowest BCUT2D eigenvalue weighted by Gasteiger charge is -2.23. The van der Waals surface area contributed by atoms with Crippen LogP contribution in [0.3, 0.4) is 0 Å². The number of hydrogen-bond donors (Lipinski definition) is 1. The SMILES string of the molecule is COc1cc2c(cc1OC)C(NC(=O)[C@H](CC(C)C)n1cccc1)CC2. The molecule has 0 saturated carbocycles. The molecule has 1 N–H and O–H groups in total. The normalized spacial score (nSPS) is 17.0. The van der Waals surface area contributed by atoms with E-state index in [9.17, 15) is 4.79 Å². The first-order valence-corrected chi connectivity index (χ1v) is 9.21. The molecule has 1 amide bonds. The zero-order valence-electron chi connectivity index (χ0n) is 16.0. The lowest BCUT2D eigenvalue weighted by molar-refractivity contribution is -0.125. The maximum Gasteiger partial charge on any atom is 0.243 e. The molecule has 1 aromatic carbocycles. The lowest BCUT2D eigenvalue weighted by atomic mass is 10.0. The minimum atomic E-state index is -0.186. The second-order valence-electron chi connectivity index (χ2n) is 7.28. The number of nitrogens with one attached hydrogen (secondary N) is 1. The van der Waals surface area contributed by atoms with Crippen LogP contribution < -0.4 is 14.8 Å². The quantitative estimate of drug-likeness (QED) is 0.819. The molecule has 0 aliphatic heterocycles. The Labute approximate surface area is 155 Å². The van der Waals surface area contributed by atoms with Gasteiger partial charge in [-0.2, -0.15) is 0 Å². The molecule has 2 aromatic rings. The molecular formula is C21H28N2O3. The van der Waals surface area contributed by atoms with Crippen molar-refractivity contribution in [3.8, 4) is 11.5 Å². The van der Waals surface area contributed by atoms with Crippen LogP contribution in [0, 0.1) is 5.92 Å². The molecular weight excluding hydrogens is 328 g/mol. The Hall–Kier alpha value is -2.43. The van der Waals surface area contributed by atoms with Crippen molar-refractivity contribution in [1.29, 1.82) is 0 Å². The maximum atomic E-state index is 13.0. The number of carbonyl (C=O) groups is 1. The number of aryl methyl sites for hydroxylation is 1. The molecule has 0 spiro atoms. The number of fused-ring (bicyclic) bond motifs is 1. The fourth-order valence-corrected chi connectivity index (χ4v) is 3.72. The summed E-state index contributed by atoms with van der Waals surface area (Å²) < 4.78 is 12.8. The van der Waals surface area contributed by atoms with Crippen molar-refractivity contribution in [2.45, 2.75) is 45.2 Å². The fraction of sp³-hybridized carbons (Fsp3) is 0.476. The molecule has 5 nitrogen and oxygen atoms in total. The Morgan fingerprint density at radius 3 is 2.46 bits per heavy atom. The molecule has 0 saturated heterocycles. The van der Waals surface area contributed by atoms with Crippen molar-refractivity contribution in [2.24, 2.45) is 5.92 Å². The largest absolute Gasteiger partial charge is 0.493 e. The summed E-state index contributed by atoms with van der Waals surface area (Å²) in [5.41, 5.74) is 2.35. The minimum Gasteiger partial charge on any atom is -0.493 e. The standard InChI is InChI=1S/C21H28N2O3/c1-14(2)11-18(23-9-5-6-10-23)21(24)22-17-8-7-15-12-19(25-3)20(26-4)13-16(15)17/h5-6,9-10,12-14,17-18H,7-8,11H2,1-4H3,(H,22,24)/t17?,18-/m0/s1. The van der Waals surface area contributed by atoms with Gasteiger partial charge in [-0.1, -0.05) is 13.8 Å². The van der Waals surface area contributed by atoms with E-state index in [-0.39, 0.29) is 18.0 Å². The number of aromatic nitrogens is 1. The van der Waals surface area contributed by atoms with Gasteiger partial charge in [0.05, 0.1) is 20.3 Å². The van der Waals surface area contributed by atoms with Crippen LogP contribution >= 0.6 is 0 Å².